The highest BCUT2D eigenvalue weighted by atomic mass is 35.5. The van der Waals surface area contributed by atoms with Gasteiger partial charge >= 0.3 is 0 Å². The third-order valence-electron chi connectivity index (χ3n) is 4.43. The Hall–Kier alpha value is -2.48. The van der Waals surface area contributed by atoms with Crippen molar-refractivity contribution in [1.29, 1.82) is 0 Å². The van der Waals surface area contributed by atoms with Gasteiger partial charge < -0.3 is 5.32 Å². The maximum absolute atomic E-state index is 12.7. The van der Waals surface area contributed by atoms with E-state index in [1.165, 1.54) is 29.3 Å². The Labute approximate surface area is 192 Å². The molecule has 0 fully saturated rings. The first kappa shape index (κ1) is 23.2. The Kier molecular flexibility index (Phi) is 8.01. The zero-order valence-corrected chi connectivity index (χ0v) is 19.4. The number of hydrogen-bond acceptors (Lipinski definition) is 4. The Balaban J connectivity index is 1.57. The summed E-state index contributed by atoms with van der Waals surface area (Å²) in [5, 5.41) is 2.87. The number of thioether (sulfide) groups is 1. The molecule has 3 rings (SSSR count). The van der Waals surface area contributed by atoms with Crippen LogP contribution in [-0.4, -0.2) is 26.6 Å². The van der Waals surface area contributed by atoms with Crippen LogP contribution in [0.1, 0.15) is 21.5 Å². The Morgan fingerprint density at radius 1 is 1.00 bits per heavy atom. The van der Waals surface area contributed by atoms with Gasteiger partial charge in [-0.1, -0.05) is 59.6 Å². The van der Waals surface area contributed by atoms with E-state index < -0.39 is 10.0 Å². The number of benzene rings is 3. The molecule has 0 heterocycles. The van der Waals surface area contributed by atoms with Crippen LogP contribution in [0.4, 0.5) is 5.69 Å². The molecule has 3 aromatic carbocycles. The van der Waals surface area contributed by atoms with E-state index >= 15 is 0 Å². The number of rotatable bonds is 9. The van der Waals surface area contributed by atoms with Crippen LogP contribution in [0.15, 0.2) is 77.7 Å². The maximum atomic E-state index is 12.7. The van der Waals surface area contributed by atoms with Gasteiger partial charge in [0, 0.05) is 29.3 Å². The number of para-hydroxylation sites is 1. The molecule has 0 atom stereocenters. The predicted molar refractivity (Wildman–Crippen MR) is 128 cm³/mol. The number of sulfonamides is 1. The van der Waals surface area contributed by atoms with Gasteiger partial charge in [-0.2, -0.15) is 11.8 Å². The maximum Gasteiger partial charge on any atom is 0.263 e. The molecule has 0 bridgehead atoms. The minimum atomic E-state index is -3.93. The molecule has 0 unspecified atom stereocenters. The van der Waals surface area contributed by atoms with Gasteiger partial charge in [0.1, 0.15) is 4.90 Å². The first-order valence-electron chi connectivity index (χ1n) is 9.64. The predicted octanol–water partition coefficient (Wildman–Crippen LogP) is 5.11. The van der Waals surface area contributed by atoms with E-state index in [0.29, 0.717) is 12.2 Å². The second-order valence-electron chi connectivity index (χ2n) is 6.91. The normalized spacial score (nSPS) is 11.2. The summed E-state index contributed by atoms with van der Waals surface area (Å²) >= 11 is 7.83. The van der Waals surface area contributed by atoms with Gasteiger partial charge in [-0.05, 0) is 42.8 Å². The quantitative estimate of drug-likeness (QED) is 0.422. The van der Waals surface area contributed by atoms with Gasteiger partial charge in [0.15, 0.2) is 0 Å². The second kappa shape index (κ2) is 10.7. The SMILES string of the molecule is Cc1ccc(CSCCNC(=O)c2ccc(Cl)c(S(=O)(=O)Nc3ccccc3)c2)cc1. The molecular weight excluding hydrogens is 452 g/mol. The van der Waals surface area contributed by atoms with Crippen LogP contribution < -0.4 is 10.0 Å². The number of hydrogen-bond donors (Lipinski definition) is 2. The fraction of sp³-hybridized carbons (Fsp3) is 0.174. The molecule has 0 aromatic heterocycles. The number of anilines is 1. The van der Waals surface area contributed by atoms with Crippen molar-refractivity contribution in [2.45, 2.75) is 17.6 Å². The second-order valence-corrected chi connectivity index (χ2v) is 10.1. The van der Waals surface area contributed by atoms with Crippen LogP contribution in [-0.2, 0) is 15.8 Å². The van der Waals surface area contributed by atoms with Crippen molar-refractivity contribution < 1.29 is 13.2 Å². The summed E-state index contributed by atoms with van der Waals surface area (Å²) < 4.78 is 27.9. The van der Waals surface area contributed by atoms with E-state index in [9.17, 15) is 13.2 Å². The number of carbonyl (C=O) groups is 1. The van der Waals surface area contributed by atoms with Gasteiger partial charge in [0.2, 0.25) is 0 Å². The van der Waals surface area contributed by atoms with E-state index in [1.54, 1.807) is 42.1 Å². The molecule has 0 radical (unpaired) electrons. The summed E-state index contributed by atoms with van der Waals surface area (Å²) in [5.74, 6) is 1.27. The molecule has 0 spiro atoms. The zero-order chi connectivity index (χ0) is 22.3. The van der Waals surface area contributed by atoms with Gasteiger partial charge in [-0.15, -0.1) is 0 Å². The molecule has 0 aliphatic rings. The van der Waals surface area contributed by atoms with Crippen molar-refractivity contribution in [3.05, 3.63) is 94.5 Å². The average molecular weight is 475 g/mol. The largest absolute Gasteiger partial charge is 0.351 e. The molecule has 162 valence electrons. The summed E-state index contributed by atoms with van der Waals surface area (Å²) in [7, 11) is -3.93. The lowest BCUT2D eigenvalue weighted by molar-refractivity contribution is 0.0956. The van der Waals surface area contributed by atoms with Gasteiger partial charge in [0.05, 0.1) is 5.02 Å². The first-order chi connectivity index (χ1) is 14.8. The number of aryl methyl sites for hydroxylation is 1. The topological polar surface area (TPSA) is 75.3 Å². The number of carbonyl (C=O) groups excluding carboxylic acids is 1. The van der Waals surface area contributed by atoms with Crippen LogP contribution in [0.25, 0.3) is 0 Å². The van der Waals surface area contributed by atoms with E-state index in [1.807, 2.05) is 0 Å². The molecule has 31 heavy (non-hydrogen) atoms. The van der Waals surface area contributed by atoms with Gasteiger partial charge in [0.25, 0.3) is 15.9 Å². The van der Waals surface area contributed by atoms with Gasteiger partial charge in [-0.3, -0.25) is 9.52 Å². The highest BCUT2D eigenvalue weighted by molar-refractivity contribution is 7.98. The van der Waals surface area contributed by atoms with Crippen molar-refractivity contribution >= 4 is 45.0 Å². The lowest BCUT2D eigenvalue weighted by Crippen LogP contribution is -2.26. The summed E-state index contributed by atoms with van der Waals surface area (Å²) in [6.45, 7) is 2.53. The Morgan fingerprint density at radius 2 is 1.71 bits per heavy atom. The highest BCUT2D eigenvalue weighted by Crippen LogP contribution is 2.25. The van der Waals surface area contributed by atoms with E-state index in [4.69, 9.17) is 11.6 Å². The third kappa shape index (κ3) is 6.75. The zero-order valence-electron chi connectivity index (χ0n) is 17.0. The van der Waals surface area contributed by atoms with E-state index in [0.717, 1.165) is 11.5 Å². The van der Waals surface area contributed by atoms with Gasteiger partial charge in [-0.25, -0.2) is 8.42 Å². The highest BCUT2D eigenvalue weighted by Gasteiger charge is 2.20. The lowest BCUT2D eigenvalue weighted by Gasteiger charge is -2.11. The molecule has 0 saturated heterocycles. The molecule has 0 aliphatic heterocycles. The molecule has 3 aromatic rings. The van der Waals surface area contributed by atoms with Crippen molar-refractivity contribution in [2.75, 3.05) is 17.0 Å². The molecule has 1 amide bonds. The summed E-state index contributed by atoms with van der Waals surface area (Å²) in [6, 6.07) is 21.1. The van der Waals surface area contributed by atoms with Crippen LogP contribution in [0, 0.1) is 6.92 Å². The summed E-state index contributed by atoms with van der Waals surface area (Å²) in [5.41, 5.74) is 3.12. The standard InChI is InChI=1S/C23H23ClN2O3S2/c1-17-7-9-18(10-8-17)16-30-14-13-25-23(27)19-11-12-21(24)22(15-19)31(28,29)26-20-5-3-2-4-6-20/h2-12,15,26H,13-14,16H2,1H3,(H,25,27). The Bertz CT molecular complexity index is 1140. The molecule has 2 N–H and O–H groups in total. The van der Waals surface area contributed by atoms with Crippen molar-refractivity contribution in [3.63, 3.8) is 0 Å². The number of nitrogens with one attached hydrogen (secondary N) is 2. The third-order valence-corrected chi connectivity index (χ3v) is 7.32. The van der Waals surface area contributed by atoms with E-state index in [-0.39, 0.29) is 21.4 Å². The van der Waals surface area contributed by atoms with E-state index in [2.05, 4.69) is 41.2 Å². The van der Waals surface area contributed by atoms with Crippen molar-refractivity contribution in [3.8, 4) is 0 Å². The molecular formula is C23H23ClN2O3S2. The fourth-order valence-electron chi connectivity index (χ4n) is 2.78. The van der Waals surface area contributed by atoms with Crippen LogP contribution in [0.3, 0.4) is 0 Å². The van der Waals surface area contributed by atoms with Crippen molar-refractivity contribution in [2.24, 2.45) is 0 Å². The first-order valence-corrected chi connectivity index (χ1v) is 12.7. The van der Waals surface area contributed by atoms with Crippen LogP contribution in [0.2, 0.25) is 5.02 Å². The smallest absolute Gasteiger partial charge is 0.263 e. The van der Waals surface area contributed by atoms with Crippen LogP contribution >= 0.6 is 23.4 Å². The van der Waals surface area contributed by atoms with Crippen molar-refractivity contribution in [1.82, 2.24) is 5.32 Å². The molecule has 5 nitrogen and oxygen atoms in total. The molecule has 0 saturated carbocycles. The van der Waals surface area contributed by atoms with Crippen LogP contribution in [0.5, 0.6) is 0 Å². The average Bonchev–Trinajstić information content (AvgIpc) is 2.75. The molecule has 0 aliphatic carbocycles. The minimum absolute atomic E-state index is 0.0497. The number of amides is 1. The monoisotopic (exact) mass is 474 g/mol. The summed E-state index contributed by atoms with van der Waals surface area (Å²) in [4.78, 5) is 12.3. The minimum Gasteiger partial charge on any atom is -0.351 e. The lowest BCUT2D eigenvalue weighted by atomic mass is 10.2. The molecule has 8 heteroatoms. The Morgan fingerprint density at radius 3 is 2.42 bits per heavy atom. The fourth-order valence-corrected chi connectivity index (χ4v) is 5.18. The summed E-state index contributed by atoms with van der Waals surface area (Å²) in [6.07, 6.45) is 0. The number of halogens is 1.